The lowest BCUT2D eigenvalue weighted by molar-refractivity contribution is -0.138. The highest BCUT2D eigenvalue weighted by Gasteiger charge is 2.36. The fourth-order valence-corrected chi connectivity index (χ4v) is 1.65. The molecule has 0 bridgehead atoms. The smallest absolute Gasteiger partial charge is 0.326 e. The van der Waals surface area contributed by atoms with E-state index in [4.69, 9.17) is 21.4 Å². The molecule has 1 aliphatic rings. The number of methoxy groups -OCH3 is 1. The van der Waals surface area contributed by atoms with E-state index >= 15 is 0 Å². The number of nitrogens with zero attached hydrogens (tertiary/aromatic N) is 2. The van der Waals surface area contributed by atoms with Crippen molar-refractivity contribution in [2.24, 2.45) is 5.92 Å². The summed E-state index contributed by atoms with van der Waals surface area (Å²) in [5, 5.41) is 12.2. The molecule has 1 atom stereocenters. The van der Waals surface area contributed by atoms with Crippen molar-refractivity contribution in [2.75, 3.05) is 12.4 Å². The molecule has 0 amide bonds. The molecule has 0 aliphatic heterocycles. The summed E-state index contributed by atoms with van der Waals surface area (Å²) in [6, 6.07) is -0.510. The third kappa shape index (κ3) is 2.76. The second-order valence-electron chi connectivity index (χ2n) is 3.85. The Bertz CT molecular complexity index is 437. The zero-order chi connectivity index (χ0) is 12.4. The number of hydrogen-bond donors (Lipinski definition) is 2. The van der Waals surface area contributed by atoms with Gasteiger partial charge in [-0.25, -0.2) is 9.78 Å². The number of ether oxygens (including phenoxy) is 1. The number of aliphatic carboxylic acids is 1. The molecular formula is C10H12ClN3O3. The second kappa shape index (κ2) is 4.75. The Labute approximate surface area is 103 Å². The number of carboxylic acid groups (broad SMARTS) is 1. The maximum absolute atomic E-state index is 11.1. The van der Waals surface area contributed by atoms with Crippen LogP contribution >= 0.6 is 11.6 Å². The Morgan fingerprint density at radius 3 is 2.94 bits per heavy atom. The lowest BCUT2D eigenvalue weighted by Gasteiger charge is -2.15. The topological polar surface area (TPSA) is 84.3 Å². The molecule has 7 heteroatoms. The SMILES string of the molecule is COc1ncc(Cl)c(NC(C(=O)O)C2CC2)n1. The standard InChI is InChI=1S/C10H12ClN3O3/c1-17-10-12-4-6(11)8(14-10)13-7(9(15)16)5-2-3-5/h4-5,7H,2-3H2,1H3,(H,15,16)(H,12,13,14). The molecule has 1 aromatic rings. The Morgan fingerprint density at radius 2 is 2.41 bits per heavy atom. The lowest BCUT2D eigenvalue weighted by atomic mass is 10.2. The van der Waals surface area contributed by atoms with Crippen LogP contribution in [0, 0.1) is 5.92 Å². The Balaban J connectivity index is 2.18. The van der Waals surface area contributed by atoms with Crippen LogP contribution in [-0.2, 0) is 4.79 Å². The molecule has 0 aromatic carbocycles. The molecule has 6 nitrogen and oxygen atoms in total. The monoisotopic (exact) mass is 257 g/mol. The molecule has 0 radical (unpaired) electrons. The second-order valence-corrected chi connectivity index (χ2v) is 4.26. The van der Waals surface area contributed by atoms with Gasteiger partial charge in [-0.05, 0) is 18.8 Å². The van der Waals surface area contributed by atoms with E-state index in [2.05, 4.69) is 15.3 Å². The van der Waals surface area contributed by atoms with Crippen LogP contribution in [0.2, 0.25) is 5.02 Å². The predicted molar refractivity (Wildman–Crippen MR) is 61.4 cm³/mol. The molecule has 1 heterocycles. The molecule has 1 fully saturated rings. The van der Waals surface area contributed by atoms with Crippen molar-refractivity contribution in [1.29, 1.82) is 0 Å². The first-order valence-corrected chi connectivity index (χ1v) is 5.55. The van der Waals surface area contributed by atoms with Crippen molar-refractivity contribution < 1.29 is 14.6 Å². The van der Waals surface area contributed by atoms with E-state index in [0.29, 0.717) is 0 Å². The van der Waals surface area contributed by atoms with Crippen LogP contribution in [0.5, 0.6) is 6.01 Å². The van der Waals surface area contributed by atoms with Gasteiger partial charge in [-0.15, -0.1) is 0 Å². The third-order valence-electron chi connectivity index (χ3n) is 2.56. The summed E-state index contributed by atoms with van der Waals surface area (Å²) in [6.07, 6.45) is 3.19. The molecule has 1 saturated carbocycles. The minimum atomic E-state index is -0.902. The fraction of sp³-hybridized carbons (Fsp3) is 0.500. The van der Waals surface area contributed by atoms with Crippen LogP contribution in [0.3, 0.4) is 0 Å². The van der Waals surface area contributed by atoms with E-state index in [1.54, 1.807) is 0 Å². The molecule has 1 unspecified atom stereocenters. The van der Waals surface area contributed by atoms with Crippen LogP contribution in [0.1, 0.15) is 12.8 Å². The van der Waals surface area contributed by atoms with Crippen molar-refractivity contribution in [3.05, 3.63) is 11.2 Å². The highest BCUT2D eigenvalue weighted by Crippen LogP contribution is 2.35. The highest BCUT2D eigenvalue weighted by molar-refractivity contribution is 6.32. The van der Waals surface area contributed by atoms with Gasteiger partial charge < -0.3 is 15.2 Å². The summed E-state index contributed by atoms with van der Waals surface area (Å²) in [5.41, 5.74) is 0. The summed E-state index contributed by atoms with van der Waals surface area (Å²) in [5.74, 6) is -0.469. The minimum absolute atomic E-state index is 0.143. The van der Waals surface area contributed by atoms with Crippen molar-refractivity contribution in [1.82, 2.24) is 9.97 Å². The first-order chi connectivity index (χ1) is 8.11. The Morgan fingerprint density at radius 1 is 1.71 bits per heavy atom. The van der Waals surface area contributed by atoms with E-state index in [1.807, 2.05) is 0 Å². The third-order valence-corrected chi connectivity index (χ3v) is 2.83. The summed E-state index contributed by atoms with van der Waals surface area (Å²) in [6.45, 7) is 0. The van der Waals surface area contributed by atoms with E-state index in [1.165, 1.54) is 13.3 Å². The first kappa shape index (κ1) is 11.9. The maximum Gasteiger partial charge on any atom is 0.326 e. The number of carbonyl (C=O) groups is 1. The Kier molecular flexibility index (Phi) is 3.33. The molecular weight excluding hydrogens is 246 g/mol. The van der Waals surface area contributed by atoms with Gasteiger partial charge in [-0.1, -0.05) is 11.6 Å². The number of rotatable bonds is 5. The molecule has 2 N–H and O–H groups in total. The van der Waals surface area contributed by atoms with Crippen molar-refractivity contribution >= 4 is 23.4 Å². The zero-order valence-corrected chi connectivity index (χ0v) is 9.94. The normalized spacial score (nSPS) is 16.4. The van der Waals surface area contributed by atoms with E-state index in [-0.39, 0.29) is 22.8 Å². The van der Waals surface area contributed by atoms with Gasteiger partial charge in [0, 0.05) is 0 Å². The predicted octanol–water partition coefficient (Wildman–Crippen LogP) is 1.41. The number of halogens is 1. The Hall–Kier alpha value is -1.56. The van der Waals surface area contributed by atoms with E-state index < -0.39 is 12.0 Å². The largest absolute Gasteiger partial charge is 0.480 e. The molecule has 2 rings (SSSR count). The first-order valence-electron chi connectivity index (χ1n) is 5.17. The van der Waals surface area contributed by atoms with Gasteiger partial charge in [0.1, 0.15) is 11.1 Å². The van der Waals surface area contributed by atoms with Gasteiger partial charge in [0.2, 0.25) is 0 Å². The van der Waals surface area contributed by atoms with Crippen LogP contribution in [0.4, 0.5) is 5.82 Å². The number of anilines is 1. The van der Waals surface area contributed by atoms with Crippen molar-refractivity contribution in [2.45, 2.75) is 18.9 Å². The number of hydrogen-bond acceptors (Lipinski definition) is 5. The van der Waals surface area contributed by atoms with Gasteiger partial charge in [0.05, 0.1) is 13.3 Å². The van der Waals surface area contributed by atoms with Gasteiger partial charge in [0.25, 0.3) is 0 Å². The summed E-state index contributed by atoms with van der Waals surface area (Å²) < 4.78 is 4.86. The zero-order valence-electron chi connectivity index (χ0n) is 9.18. The van der Waals surface area contributed by atoms with E-state index in [9.17, 15) is 4.79 Å². The molecule has 92 valence electrons. The molecule has 1 aromatic heterocycles. The number of aromatic nitrogens is 2. The van der Waals surface area contributed by atoms with Crippen LogP contribution in [0.25, 0.3) is 0 Å². The average molecular weight is 258 g/mol. The van der Waals surface area contributed by atoms with Crippen LogP contribution in [0.15, 0.2) is 6.20 Å². The minimum Gasteiger partial charge on any atom is -0.480 e. The van der Waals surface area contributed by atoms with Crippen molar-refractivity contribution in [3.8, 4) is 6.01 Å². The average Bonchev–Trinajstić information content (AvgIpc) is 3.11. The summed E-state index contributed by atoms with van der Waals surface area (Å²) >= 11 is 5.89. The van der Waals surface area contributed by atoms with Crippen LogP contribution in [-0.4, -0.2) is 34.2 Å². The van der Waals surface area contributed by atoms with E-state index in [0.717, 1.165) is 12.8 Å². The van der Waals surface area contributed by atoms with Crippen LogP contribution < -0.4 is 10.1 Å². The van der Waals surface area contributed by atoms with Gasteiger partial charge in [-0.3, -0.25) is 0 Å². The molecule has 1 aliphatic carbocycles. The molecule has 0 saturated heterocycles. The van der Waals surface area contributed by atoms with Gasteiger partial charge >= 0.3 is 12.0 Å². The molecule has 17 heavy (non-hydrogen) atoms. The summed E-state index contributed by atoms with van der Waals surface area (Å²) in [7, 11) is 1.43. The van der Waals surface area contributed by atoms with Crippen molar-refractivity contribution in [3.63, 3.8) is 0 Å². The highest BCUT2D eigenvalue weighted by atomic mass is 35.5. The summed E-state index contributed by atoms with van der Waals surface area (Å²) in [4.78, 5) is 18.9. The number of carboxylic acids is 1. The number of nitrogens with one attached hydrogen (secondary N) is 1. The maximum atomic E-state index is 11.1. The van der Waals surface area contributed by atoms with Gasteiger partial charge in [0.15, 0.2) is 5.82 Å². The lowest BCUT2D eigenvalue weighted by Crippen LogP contribution is -2.31. The fourth-order valence-electron chi connectivity index (χ4n) is 1.51. The van der Waals surface area contributed by atoms with Gasteiger partial charge in [-0.2, -0.15) is 4.98 Å². The molecule has 0 spiro atoms. The quantitative estimate of drug-likeness (QED) is 0.830.